The first-order valence-corrected chi connectivity index (χ1v) is 17.1. The van der Waals surface area contributed by atoms with Crippen LogP contribution in [0.1, 0.15) is 17.5 Å². The molecule has 258 valence electrons. The summed E-state index contributed by atoms with van der Waals surface area (Å²) < 4.78 is 46.1. The number of carbonyl (C=O) groups excluding carboxylic acids is 2. The van der Waals surface area contributed by atoms with E-state index in [0.29, 0.717) is 23.0 Å². The van der Waals surface area contributed by atoms with Crippen molar-refractivity contribution in [2.75, 3.05) is 53.6 Å². The van der Waals surface area contributed by atoms with Gasteiger partial charge in [-0.3, -0.25) is 4.79 Å². The van der Waals surface area contributed by atoms with E-state index in [-0.39, 0.29) is 39.5 Å². The lowest BCUT2D eigenvalue weighted by molar-refractivity contribution is -0.125. The van der Waals surface area contributed by atoms with Gasteiger partial charge in [0.25, 0.3) is 0 Å². The van der Waals surface area contributed by atoms with Crippen molar-refractivity contribution in [1.82, 2.24) is 25.3 Å². The smallest absolute Gasteiger partial charge is 0.407 e. The molecular weight excluding hydrogens is 652 g/mol. The second-order valence-electron chi connectivity index (χ2n) is 12.3. The Labute approximate surface area is 287 Å². The first kappa shape index (κ1) is 34.4. The van der Waals surface area contributed by atoms with E-state index in [1.165, 1.54) is 28.2 Å². The van der Waals surface area contributed by atoms with Crippen molar-refractivity contribution in [3.63, 3.8) is 0 Å². The molecule has 0 bridgehead atoms. The maximum atomic E-state index is 14.4. The number of hydrogen-bond acceptors (Lipinski definition) is 9. The highest BCUT2D eigenvalue weighted by atomic mass is 32.1. The van der Waals surface area contributed by atoms with Gasteiger partial charge >= 0.3 is 6.09 Å². The van der Waals surface area contributed by atoms with Gasteiger partial charge in [0.2, 0.25) is 5.91 Å². The van der Waals surface area contributed by atoms with Gasteiger partial charge in [0.05, 0.1) is 31.0 Å². The van der Waals surface area contributed by atoms with Crippen molar-refractivity contribution >= 4 is 33.4 Å². The van der Waals surface area contributed by atoms with Crippen molar-refractivity contribution in [2.45, 2.75) is 37.6 Å². The van der Waals surface area contributed by atoms with E-state index in [0.717, 1.165) is 46.7 Å². The molecule has 2 amide bonds. The number of fused-ring (bicyclic) bond motifs is 2. The Kier molecular flexibility index (Phi) is 10.8. The Bertz CT molecular complexity index is 1830. The number of nitrogens with zero attached hydrogens (tertiary/aromatic N) is 4. The predicted molar refractivity (Wildman–Crippen MR) is 184 cm³/mol. The van der Waals surface area contributed by atoms with Crippen LogP contribution in [0.2, 0.25) is 0 Å². The van der Waals surface area contributed by atoms with Crippen LogP contribution in [0.25, 0.3) is 32.6 Å². The summed E-state index contributed by atoms with van der Waals surface area (Å²) in [7, 11) is 4.27. The average Bonchev–Trinajstić information content (AvgIpc) is 3.74. The fraction of sp³-hybridized carbons (Fsp3) is 0.389. The Hall–Kier alpha value is -4.46. The summed E-state index contributed by atoms with van der Waals surface area (Å²) in [4.78, 5) is 27.3. The average molecular weight is 692 g/mol. The van der Waals surface area contributed by atoms with Gasteiger partial charge < -0.3 is 29.3 Å². The molecule has 0 saturated carbocycles. The second-order valence-corrected chi connectivity index (χ2v) is 13.3. The van der Waals surface area contributed by atoms with E-state index >= 15 is 0 Å². The van der Waals surface area contributed by atoms with Crippen LogP contribution in [-0.4, -0.2) is 104 Å². The molecule has 1 N–H and O–H groups in total. The van der Waals surface area contributed by atoms with Crippen LogP contribution in [0.5, 0.6) is 5.75 Å². The number of thiophene rings is 1. The van der Waals surface area contributed by atoms with Gasteiger partial charge in [0, 0.05) is 35.2 Å². The number of carbonyl (C=O) groups is 2. The Morgan fingerprint density at radius 1 is 1.08 bits per heavy atom. The lowest BCUT2D eigenvalue weighted by Gasteiger charge is -2.30. The molecule has 1 aliphatic carbocycles. The normalized spacial score (nSPS) is 18.8. The van der Waals surface area contributed by atoms with Crippen molar-refractivity contribution in [3.05, 3.63) is 77.4 Å². The van der Waals surface area contributed by atoms with Crippen LogP contribution in [-0.2, 0) is 27.1 Å². The minimum Gasteiger partial charge on any atom is -0.490 e. The van der Waals surface area contributed by atoms with E-state index in [1.807, 2.05) is 11.4 Å². The lowest BCUT2D eigenvalue weighted by atomic mass is 9.86. The van der Waals surface area contributed by atoms with Crippen LogP contribution in [0, 0.1) is 5.82 Å². The predicted octanol–water partition coefficient (Wildman–Crippen LogP) is 5.44. The van der Waals surface area contributed by atoms with E-state index in [4.69, 9.17) is 14.2 Å². The molecule has 3 atom stereocenters. The summed E-state index contributed by atoms with van der Waals surface area (Å²) in [6, 6.07) is 13.5. The van der Waals surface area contributed by atoms with Gasteiger partial charge in [-0.05, 0) is 80.2 Å². The molecule has 49 heavy (non-hydrogen) atoms. The number of amides is 2. The molecule has 0 radical (unpaired) electrons. The molecule has 13 heteroatoms. The van der Waals surface area contributed by atoms with Crippen LogP contribution >= 0.6 is 11.3 Å². The molecule has 1 aliphatic heterocycles. The summed E-state index contributed by atoms with van der Waals surface area (Å²) >= 11 is 1.55. The molecular formula is C36H39F2N5O5S. The van der Waals surface area contributed by atoms with Crippen LogP contribution in [0.15, 0.2) is 60.5 Å². The number of ether oxygens (including phenoxy) is 3. The fourth-order valence-corrected chi connectivity index (χ4v) is 7.17. The maximum Gasteiger partial charge on any atom is 0.407 e. The topological polar surface area (TPSA) is 106 Å². The number of aromatic nitrogens is 2. The highest BCUT2D eigenvalue weighted by molar-refractivity contribution is 7.17. The number of rotatable bonds is 12. The third kappa shape index (κ3) is 7.90. The highest BCUT2D eigenvalue weighted by Gasteiger charge is 2.37. The van der Waals surface area contributed by atoms with E-state index in [9.17, 15) is 18.4 Å². The summed E-state index contributed by atoms with van der Waals surface area (Å²) in [6.45, 7) is 3.73. The number of benzene rings is 2. The Morgan fingerprint density at radius 3 is 2.73 bits per heavy atom. The minimum atomic E-state index is -1.47. The molecule has 1 fully saturated rings. The van der Waals surface area contributed by atoms with Gasteiger partial charge in [-0.2, -0.15) is 0 Å². The lowest BCUT2D eigenvalue weighted by Crippen LogP contribution is -2.35. The monoisotopic (exact) mass is 691 g/mol. The van der Waals surface area contributed by atoms with E-state index in [1.54, 1.807) is 17.4 Å². The quantitative estimate of drug-likeness (QED) is 0.155. The van der Waals surface area contributed by atoms with Crippen molar-refractivity contribution in [3.8, 4) is 28.3 Å². The molecule has 0 spiro atoms. The standard InChI is InChI=1S/C36H39F2N5O5S/c1-4-32(44)43-20-29(38)31(21-43)48-36(45)39-12-13-46-14-15-47-30-19-25(37)8-10-27(30)34-35-28(11-16-49-35)33(40-41-34)24-6-5-23-18-26(42(2)3)9-7-22(23)17-24/h4-6,8,10-11,16-17,19,26,29,31H,1,7,9,12-15,18,20-21H2,2-3H3,(H,39,45)/t26?,29-,31+/m0/s1. The van der Waals surface area contributed by atoms with Gasteiger partial charge in [0.15, 0.2) is 12.3 Å². The number of halogens is 2. The molecule has 1 saturated heterocycles. The number of alkyl halides is 1. The molecule has 6 rings (SSSR count). The second kappa shape index (κ2) is 15.4. The molecule has 3 heterocycles. The summed E-state index contributed by atoms with van der Waals surface area (Å²) in [6.07, 6.45) is 0.950. The maximum absolute atomic E-state index is 14.4. The van der Waals surface area contributed by atoms with Gasteiger partial charge in [-0.15, -0.1) is 21.5 Å². The third-order valence-corrected chi connectivity index (χ3v) is 9.86. The SMILES string of the molecule is C=CC(=O)N1C[C@H](F)[C@H](OC(=O)NCCOCCOc2cc(F)ccc2-c2nnc(-c3ccc4c(c3)CCC(N(C)C)C4)c3ccsc23)C1. The molecule has 4 aromatic rings. The van der Waals surface area contributed by atoms with Crippen molar-refractivity contribution in [2.24, 2.45) is 0 Å². The number of nitrogens with one attached hydrogen (secondary N) is 1. The van der Waals surface area contributed by atoms with Crippen molar-refractivity contribution < 1.29 is 32.6 Å². The first-order chi connectivity index (χ1) is 23.7. The Balaban J connectivity index is 1.04. The minimum absolute atomic E-state index is 0.0322. The first-order valence-electron chi connectivity index (χ1n) is 16.2. The number of alkyl carbamates (subject to hydrolysis) is 1. The molecule has 2 aliphatic rings. The molecule has 2 aromatic heterocycles. The van der Waals surface area contributed by atoms with E-state index in [2.05, 4.69) is 59.3 Å². The number of hydrogen-bond donors (Lipinski definition) is 1. The largest absolute Gasteiger partial charge is 0.490 e. The van der Waals surface area contributed by atoms with Gasteiger partial charge in [-0.1, -0.05) is 18.7 Å². The summed E-state index contributed by atoms with van der Waals surface area (Å²) in [5.41, 5.74) is 5.79. The summed E-state index contributed by atoms with van der Waals surface area (Å²) in [5.74, 6) is -0.553. The zero-order valence-corrected chi connectivity index (χ0v) is 28.3. The fourth-order valence-electron chi connectivity index (χ4n) is 6.27. The third-order valence-electron chi connectivity index (χ3n) is 8.94. The van der Waals surface area contributed by atoms with Crippen LogP contribution < -0.4 is 10.1 Å². The number of aryl methyl sites for hydroxylation is 1. The number of likely N-dealkylation sites (N-methyl/N-ethyl adjacent to an activating group) is 1. The van der Waals surface area contributed by atoms with Gasteiger partial charge in [0.1, 0.15) is 29.6 Å². The zero-order valence-electron chi connectivity index (χ0n) is 27.5. The van der Waals surface area contributed by atoms with E-state index < -0.39 is 30.1 Å². The number of likely N-dealkylation sites (tertiary alicyclic amines) is 1. The molecule has 2 aromatic carbocycles. The van der Waals surface area contributed by atoms with Crippen LogP contribution in [0.4, 0.5) is 13.6 Å². The van der Waals surface area contributed by atoms with Crippen molar-refractivity contribution in [1.29, 1.82) is 0 Å². The summed E-state index contributed by atoms with van der Waals surface area (Å²) in [5, 5.41) is 14.8. The Morgan fingerprint density at radius 2 is 1.92 bits per heavy atom. The van der Waals surface area contributed by atoms with Gasteiger partial charge in [-0.25, -0.2) is 13.6 Å². The molecule has 10 nitrogen and oxygen atoms in total. The highest BCUT2D eigenvalue weighted by Crippen LogP contribution is 2.40. The zero-order chi connectivity index (χ0) is 34.5. The van der Waals surface area contributed by atoms with Crippen LogP contribution in [0.3, 0.4) is 0 Å². The molecule has 1 unspecified atom stereocenters.